The van der Waals surface area contributed by atoms with Gasteiger partial charge in [0.2, 0.25) is 0 Å². The van der Waals surface area contributed by atoms with Crippen LogP contribution in [0.3, 0.4) is 0 Å². The number of amides is 3. The van der Waals surface area contributed by atoms with E-state index in [-0.39, 0.29) is 27.2 Å². The highest BCUT2D eigenvalue weighted by atomic mass is 35.5. The van der Waals surface area contributed by atoms with E-state index in [0.717, 1.165) is 0 Å². The lowest BCUT2D eigenvalue weighted by Gasteiger charge is -2.27. The lowest BCUT2D eigenvalue weighted by atomic mass is 10.2. The molecule has 128 valence electrons. The molecule has 9 heteroatoms. The fraction of sp³-hybridized carbons (Fsp3) is 0.429. The first kappa shape index (κ1) is 19.2. The molecular weight excluding hydrogens is 347 g/mol. The van der Waals surface area contributed by atoms with Crippen LogP contribution in [0, 0.1) is 0 Å². The van der Waals surface area contributed by atoms with Crippen LogP contribution in [0.4, 0.5) is 15.3 Å². The molecule has 1 rings (SSSR count). The summed E-state index contributed by atoms with van der Waals surface area (Å²) in [6, 6.07) is 0.306. The fourth-order valence-corrected chi connectivity index (χ4v) is 2.34. The molecule has 3 amide bonds. The fourth-order valence-electron chi connectivity index (χ4n) is 1.67. The molecule has 0 aliphatic carbocycles. The zero-order valence-electron chi connectivity index (χ0n) is 13.4. The molecule has 0 radical (unpaired) electrons. The largest absolute Gasteiger partial charge is 0.495 e. The molecule has 7 nitrogen and oxygen atoms in total. The predicted octanol–water partition coefficient (Wildman–Crippen LogP) is 3.83. The number of anilines is 1. The van der Waals surface area contributed by atoms with Crippen molar-refractivity contribution in [3.05, 3.63) is 16.1 Å². The highest BCUT2D eigenvalue weighted by Crippen LogP contribution is 2.46. The van der Waals surface area contributed by atoms with Gasteiger partial charge in [-0.1, -0.05) is 23.2 Å². The van der Waals surface area contributed by atoms with Crippen molar-refractivity contribution in [3.8, 4) is 11.5 Å². The first-order valence-electron chi connectivity index (χ1n) is 6.46. The first-order valence-corrected chi connectivity index (χ1v) is 7.21. The van der Waals surface area contributed by atoms with Gasteiger partial charge in [0.15, 0.2) is 0 Å². The van der Waals surface area contributed by atoms with E-state index in [1.165, 1.54) is 20.3 Å². The molecule has 1 aromatic rings. The summed E-state index contributed by atoms with van der Waals surface area (Å²) in [5.41, 5.74) is 4.27. The lowest BCUT2D eigenvalue weighted by Crippen LogP contribution is -2.44. The second-order valence-corrected chi connectivity index (χ2v) is 6.17. The SMILES string of the molecule is COc1cc(OC)c(Cl)c(N(C(N)=O)C(=O)OC(C)(C)C)c1Cl. The number of nitrogens with two attached hydrogens (primary N) is 1. The summed E-state index contributed by atoms with van der Waals surface area (Å²) < 4.78 is 15.3. The van der Waals surface area contributed by atoms with Crippen LogP contribution in [0.25, 0.3) is 0 Å². The smallest absolute Gasteiger partial charge is 0.423 e. The summed E-state index contributed by atoms with van der Waals surface area (Å²) >= 11 is 12.4. The molecular formula is C14H18Cl2N2O5. The standard InChI is InChI=1S/C14H18Cl2N2O5/c1-14(2,3)23-13(20)18(12(17)19)11-9(15)7(21-4)6-8(22-5)10(11)16/h6H,1-5H3,(H2,17,19). The minimum absolute atomic E-state index is 0.0806. The number of rotatable bonds is 3. The number of nitrogens with zero attached hydrogens (tertiary/aromatic N) is 1. The van der Waals surface area contributed by atoms with Crippen LogP contribution in [-0.2, 0) is 4.74 Å². The Labute approximate surface area is 144 Å². The van der Waals surface area contributed by atoms with Crippen LogP contribution in [0.5, 0.6) is 11.5 Å². The number of methoxy groups -OCH3 is 2. The summed E-state index contributed by atoms with van der Waals surface area (Å²) in [7, 11) is 2.72. The number of ether oxygens (including phenoxy) is 3. The predicted molar refractivity (Wildman–Crippen MR) is 87.9 cm³/mol. The van der Waals surface area contributed by atoms with Gasteiger partial charge in [0, 0.05) is 6.07 Å². The van der Waals surface area contributed by atoms with Crippen LogP contribution in [0.1, 0.15) is 20.8 Å². The van der Waals surface area contributed by atoms with Crippen molar-refractivity contribution in [2.75, 3.05) is 19.1 Å². The number of halogens is 2. The third-order valence-electron chi connectivity index (χ3n) is 2.57. The van der Waals surface area contributed by atoms with Crippen molar-refractivity contribution < 1.29 is 23.8 Å². The van der Waals surface area contributed by atoms with Gasteiger partial charge in [0.25, 0.3) is 0 Å². The van der Waals surface area contributed by atoms with E-state index in [9.17, 15) is 9.59 Å². The Morgan fingerprint density at radius 1 is 1.09 bits per heavy atom. The molecule has 0 bridgehead atoms. The van der Waals surface area contributed by atoms with E-state index in [1.807, 2.05) is 0 Å². The molecule has 0 saturated carbocycles. The number of primary amides is 1. The number of urea groups is 1. The second kappa shape index (κ2) is 7.14. The van der Waals surface area contributed by atoms with Gasteiger partial charge in [-0.15, -0.1) is 0 Å². The summed E-state index contributed by atoms with van der Waals surface area (Å²) in [6.45, 7) is 4.92. The van der Waals surface area contributed by atoms with E-state index in [1.54, 1.807) is 20.8 Å². The van der Waals surface area contributed by atoms with Gasteiger partial charge in [-0.05, 0) is 20.8 Å². The summed E-state index contributed by atoms with van der Waals surface area (Å²) in [6.07, 6.45) is -1.02. The van der Waals surface area contributed by atoms with Gasteiger partial charge in [-0.3, -0.25) is 0 Å². The molecule has 0 heterocycles. The Hall–Kier alpha value is -1.86. The van der Waals surface area contributed by atoms with Crippen LogP contribution in [-0.4, -0.2) is 31.9 Å². The van der Waals surface area contributed by atoms with Crippen molar-refractivity contribution in [2.45, 2.75) is 26.4 Å². The first-order chi connectivity index (χ1) is 10.5. The van der Waals surface area contributed by atoms with Gasteiger partial charge in [0.1, 0.15) is 32.8 Å². The summed E-state index contributed by atoms with van der Waals surface area (Å²) in [5.74, 6) is 0.301. The minimum Gasteiger partial charge on any atom is -0.495 e. The van der Waals surface area contributed by atoms with Crippen LogP contribution in [0.15, 0.2) is 6.07 Å². The maximum atomic E-state index is 12.3. The van der Waals surface area contributed by atoms with E-state index in [0.29, 0.717) is 4.90 Å². The van der Waals surface area contributed by atoms with Crippen LogP contribution < -0.4 is 20.1 Å². The highest BCUT2D eigenvalue weighted by molar-refractivity contribution is 6.43. The van der Waals surface area contributed by atoms with Crippen molar-refractivity contribution in [1.82, 2.24) is 0 Å². The number of hydrogen-bond acceptors (Lipinski definition) is 5. The Kier molecular flexibility index (Phi) is 5.96. The highest BCUT2D eigenvalue weighted by Gasteiger charge is 2.33. The number of benzene rings is 1. The zero-order valence-corrected chi connectivity index (χ0v) is 14.9. The molecule has 2 N–H and O–H groups in total. The Bertz CT molecular complexity index is 600. The van der Waals surface area contributed by atoms with Gasteiger partial charge in [-0.2, -0.15) is 4.90 Å². The monoisotopic (exact) mass is 364 g/mol. The number of carbonyl (C=O) groups is 2. The van der Waals surface area contributed by atoms with Crippen LogP contribution >= 0.6 is 23.2 Å². The van der Waals surface area contributed by atoms with E-state index in [4.69, 9.17) is 43.1 Å². The van der Waals surface area contributed by atoms with Crippen molar-refractivity contribution >= 4 is 41.0 Å². The molecule has 0 saturated heterocycles. The maximum Gasteiger partial charge on any atom is 0.423 e. The van der Waals surface area contributed by atoms with E-state index >= 15 is 0 Å². The van der Waals surface area contributed by atoms with Crippen molar-refractivity contribution in [1.29, 1.82) is 0 Å². The average molecular weight is 365 g/mol. The zero-order chi connectivity index (χ0) is 17.9. The minimum atomic E-state index is -1.11. The molecule has 0 unspecified atom stereocenters. The third-order valence-corrected chi connectivity index (χ3v) is 3.30. The van der Waals surface area contributed by atoms with Gasteiger partial charge in [-0.25, -0.2) is 9.59 Å². The van der Waals surface area contributed by atoms with Gasteiger partial charge < -0.3 is 19.9 Å². The van der Waals surface area contributed by atoms with E-state index in [2.05, 4.69) is 0 Å². The maximum absolute atomic E-state index is 12.3. The summed E-state index contributed by atoms with van der Waals surface area (Å²) in [5, 5.41) is -0.161. The van der Waals surface area contributed by atoms with Gasteiger partial charge >= 0.3 is 12.1 Å². The topological polar surface area (TPSA) is 91.1 Å². The molecule has 0 atom stereocenters. The van der Waals surface area contributed by atoms with E-state index < -0.39 is 17.7 Å². The van der Waals surface area contributed by atoms with Gasteiger partial charge in [0.05, 0.1) is 14.2 Å². The summed E-state index contributed by atoms with van der Waals surface area (Å²) in [4.78, 5) is 24.6. The number of carbonyl (C=O) groups excluding carboxylic acids is 2. The van der Waals surface area contributed by atoms with Crippen molar-refractivity contribution in [3.63, 3.8) is 0 Å². The third kappa shape index (κ3) is 4.33. The normalized spacial score (nSPS) is 10.9. The molecule has 0 aliphatic heterocycles. The Balaban J connectivity index is 3.54. The number of imide groups is 1. The molecule has 0 aromatic heterocycles. The lowest BCUT2D eigenvalue weighted by molar-refractivity contribution is 0.0595. The Morgan fingerprint density at radius 3 is 1.83 bits per heavy atom. The second-order valence-electron chi connectivity index (χ2n) is 5.41. The molecule has 0 spiro atoms. The average Bonchev–Trinajstić information content (AvgIpc) is 2.41. The Morgan fingerprint density at radius 2 is 1.52 bits per heavy atom. The molecule has 23 heavy (non-hydrogen) atoms. The molecule has 0 aliphatic rings. The molecule has 1 aromatic carbocycles. The van der Waals surface area contributed by atoms with Crippen molar-refractivity contribution in [2.24, 2.45) is 5.73 Å². The van der Waals surface area contributed by atoms with Crippen LogP contribution in [0.2, 0.25) is 10.0 Å². The quantitative estimate of drug-likeness (QED) is 0.879. The molecule has 0 fully saturated rings. The number of hydrogen-bond donors (Lipinski definition) is 1.